The normalized spacial score (nSPS) is 21.7. The summed E-state index contributed by atoms with van der Waals surface area (Å²) in [5.74, 6) is -0.839. The van der Waals surface area contributed by atoms with Crippen LogP contribution in [-0.2, 0) is 18.9 Å². The lowest BCUT2D eigenvalue weighted by Crippen LogP contribution is -2.27. The number of carboxylic acid groups (broad SMARTS) is 1. The molecule has 3 rings (SSSR count). The maximum absolute atomic E-state index is 11.3. The van der Waals surface area contributed by atoms with Crippen LogP contribution < -0.4 is 0 Å². The van der Waals surface area contributed by atoms with Gasteiger partial charge in [-0.15, -0.1) is 0 Å². The summed E-state index contributed by atoms with van der Waals surface area (Å²) in [4.78, 5) is 11.3. The van der Waals surface area contributed by atoms with Crippen molar-refractivity contribution < 1.29 is 9.90 Å². The predicted molar refractivity (Wildman–Crippen MR) is 63.3 cm³/mol. The molecule has 1 fully saturated rings. The van der Waals surface area contributed by atoms with E-state index in [1.54, 1.807) is 11.7 Å². The van der Waals surface area contributed by atoms with Crippen molar-refractivity contribution in [3.05, 3.63) is 17.0 Å². The van der Waals surface area contributed by atoms with E-state index < -0.39 is 5.97 Å². The zero-order chi connectivity index (χ0) is 12.0. The van der Waals surface area contributed by atoms with Gasteiger partial charge in [0.15, 0.2) is 0 Å². The number of hydrogen-bond acceptors (Lipinski definition) is 2. The largest absolute Gasteiger partial charge is 0.477 e. The smallest absolute Gasteiger partial charge is 0.354 e. The van der Waals surface area contributed by atoms with Crippen LogP contribution in [0.1, 0.15) is 60.3 Å². The molecule has 0 aromatic carbocycles. The zero-order valence-electron chi connectivity index (χ0n) is 10.2. The van der Waals surface area contributed by atoms with Crippen molar-refractivity contribution in [2.75, 3.05) is 0 Å². The molecule has 1 saturated carbocycles. The first-order chi connectivity index (χ1) is 8.14. The molecule has 2 aliphatic rings. The van der Waals surface area contributed by atoms with E-state index in [-0.39, 0.29) is 5.41 Å². The van der Waals surface area contributed by atoms with Crippen LogP contribution >= 0.6 is 0 Å². The van der Waals surface area contributed by atoms with Crippen LogP contribution in [-0.4, -0.2) is 20.9 Å². The molecule has 0 radical (unpaired) electrons. The summed E-state index contributed by atoms with van der Waals surface area (Å²) in [6.45, 7) is 0. The van der Waals surface area contributed by atoms with Crippen molar-refractivity contribution in [2.45, 2.75) is 50.4 Å². The van der Waals surface area contributed by atoms with Crippen molar-refractivity contribution in [1.82, 2.24) is 9.78 Å². The van der Waals surface area contributed by atoms with Gasteiger partial charge in [-0.1, -0.05) is 19.3 Å². The molecule has 1 heterocycles. The Morgan fingerprint density at radius 2 is 2.00 bits per heavy atom. The number of hydrogen-bond donors (Lipinski definition) is 1. The summed E-state index contributed by atoms with van der Waals surface area (Å²) < 4.78 is 1.56. The van der Waals surface area contributed by atoms with Crippen LogP contribution in [0, 0.1) is 0 Å². The van der Waals surface area contributed by atoms with Gasteiger partial charge in [-0.3, -0.25) is 4.68 Å². The van der Waals surface area contributed by atoms with Gasteiger partial charge in [0.25, 0.3) is 0 Å². The number of carbonyl (C=O) groups is 1. The molecule has 17 heavy (non-hydrogen) atoms. The van der Waals surface area contributed by atoms with Crippen molar-refractivity contribution in [3.8, 4) is 0 Å². The average molecular weight is 234 g/mol. The highest BCUT2D eigenvalue weighted by atomic mass is 16.4. The minimum Gasteiger partial charge on any atom is -0.477 e. The number of aromatic nitrogens is 2. The van der Waals surface area contributed by atoms with Gasteiger partial charge < -0.3 is 5.11 Å². The van der Waals surface area contributed by atoms with Crippen molar-refractivity contribution in [1.29, 1.82) is 0 Å². The Hall–Kier alpha value is -1.32. The standard InChI is InChI=1S/C13H18N2O2/c1-15-10(12(16)17)9-5-8-13(11(9)14-15)6-3-2-4-7-13/h2-8H2,1H3,(H,16,17). The van der Waals surface area contributed by atoms with Crippen molar-refractivity contribution >= 4 is 5.97 Å². The lowest BCUT2D eigenvalue weighted by molar-refractivity contribution is 0.0683. The second kappa shape index (κ2) is 3.59. The van der Waals surface area contributed by atoms with E-state index in [9.17, 15) is 9.90 Å². The number of aryl methyl sites for hydroxylation is 1. The number of aromatic carboxylic acids is 1. The molecular weight excluding hydrogens is 216 g/mol. The van der Waals surface area contributed by atoms with Crippen LogP contribution in [0.2, 0.25) is 0 Å². The number of rotatable bonds is 1. The Balaban J connectivity index is 2.08. The van der Waals surface area contributed by atoms with Gasteiger partial charge >= 0.3 is 5.97 Å². The Kier molecular flexibility index (Phi) is 2.28. The molecule has 2 aliphatic carbocycles. The maximum Gasteiger partial charge on any atom is 0.354 e. The summed E-state index contributed by atoms with van der Waals surface area (Å²) in [6, 6.07) is 0. The highest BCUT2D eigenvalue weighted by Crippen LogP contribution is 2.48. The fraction of sp³-hybridized carbons (Fsp3) is 0.692. The van der Waals surface area contributed by atoms with Gasteiger partial charge in [0, 0.05) is 18.0 Å². The highest BCUT2D eigenvalue weighted by molar-refractivity contribution is 5.88. The summed E-state index contributed by atoms with van der Waals surface area (Å²) in [5.41, 5.74) is 2.71. The first-order valence-electron chi connectivity index (χ1n) is 6.44. The van der Waals surface area contributed by atoms with Crippen LogP contribution in [0.15, 0.2) is 0 Å². The molecule has 4 heteroatoms. The van der Waals surface area contributed by atoms with Gasteiger partial charge in [0.05, 0.1) is 5.69 Å². The summed E-state index contributed by atoms with van der Waals surface area (Å²) in [6.07, 6.45) is 8.22. The monoisotopic (exact) mass is 234 g/mol. The number of nitrogens with zero attached hydrogens (tertiary/aromatic N) is 2. The summed E-state index contributed by atoms with van der Waals surface area (Å²) in [5, 5.41) is 13.8. The van der Waals surface area contributed by atoms with Gasteiger partial charge in [0.1, 0.15) is 5.69 Å². The molecule has 1 spiro atoms. The number of fused-ring (bicyclic) bond motifs is 2. The van der Waals surface area contributed by atoms with E-state index in [0.717, 1.165) is 24.1 Å². The Morgan fingerprint density at radius 3 is 2.65 bits per heavy atom. The Labute approximate surface area is 101 Å². The molecule has 1 aromatic heterocycles. The molecule has 4 nitrogen and oxygen atoms in total. The number of carboxylic acids is 1. The SMILES string of the molecule is Cn1nc2c(c1C(=O)O)CCC21CCCCC1. The van der Waals surface area contributed by atoms with Crippen molar-refractivity contribution in [3.63, 3.8) is 0 Å². The van der Waals surface area contributed by atoms with E-state index in [1.807, 2.05) is 0 Å². The highest BCUT2D eigenvalue weighted by Gasteiger charge is 2.44. The quantitative estimate of drug-likeness (QED) is 0.811. The van der Waals surface area contributed by atoms with Gasteiger partial charge in [-0.25, -0.2) is 4.79 Å². The first-order valence-corrected chi connectivity index (χ1v) is 6.44. The molecule has 0 saturated heterocycles. The fourth-order valence-corrected chi connectivity index (χ4v) is 3.70. The minimum absolute atomic E-state index is 0.207. The Morgan fingerprint density at radius 1 is 1.29 bits per heavy atom. The second-order valence-electron chi connectivity index (χ2n) is 5.45. The second-order valence-corrected chi connectivity index (χ2v) is 5.45. The zero-order valence-corrected chi connectivity index (χ0v) is 10.2. The topological polar surface area (TPSA) is 55.1 Å². The van der Waals surface area contributed by atoms with Crippen molar-refractivity contribution in [2.24, 2.45) is 7.05 Å². The van der Waals surface area contributed by atoms with Crippen LogP contribution in [0.5, 0.6) is 0 Å². The fourth-order valence-electron chi connectivity index (χ4n) is 3.70. The maximum atomic E-state index is 11.3. The molecule has 0 bridgehead atoms. The van der Waals surface area contributed by atoms with E-state index in [0.29, 0.717) is 5.69 Å². The van der Waals surface area contributed by atoms with E-state index >= 15 is 0 Å². The lowest BCUT2D eigenvalue weighted by atomic mass is 9.72. The molecule has 1 aromatic rings. The summed E-state index contributed by atoms with van der Waals surface area (Å²) in [7, 11) is 1.75. The third kappa shape index (κ3) is 1.43. The molecule has 0 unspecified atom stereocenters. The molecular formula is C13H18N2O2. The minimum atomic E-state index is -0.839. The average Bonchev–Trinajstić information content (AvgIpc) is 2.79. The van der Waals surface area contributed by atoms with E-state index in [4.69, 9.17) is 0 Å². The van der Waals surface area contributed by atoms with Gasteiger partial charge in [-0.05, 0) is 25.7 Å². The molecule has 0 atom stereocenters. The predicted octanol–water partition coefficient (Wildman–Crippen LogP) is 2.27. The molecule has 0 aliphatic heterocycles. The van der Waals surface area contributed by atoms with Crippen LogP contribution in [0.3, 0.4) is 0 Å². The Bertz CT molecular complexity index is 470. The van der Waals surface area contributed by atoms with Crippen LogP contribution in [0.4, 0.5) is 0 Å². The molecule has 0 amide bonds. The van der Waals surface area contributed by atoms with Crippen LogP contribution in [0.25, 0.3) is 0 Å². The lowest BCUT2D eigenvalue weighted by Gasteiger charge is -2.32. The van der Waals surface area contributed by atoms with E-state index in [1.165, 1.54) is 32.1 Å². The first kappa shape index (κ1) is 10.8. The molecule has 1 N–H and O–H groups in total. The summed E-state index contributed by atoms with van der Waals surface area (Å²) >= 11 is 0. The third-order valence-corrected chi connectivity index (χ3v) is 4.51. The third-order valence-electron chi connectivity index (χ3n) is 4.51. The van der Waals surface area contributed by atoms with E-state index in [2.05, 4.69) is 5.10 Å². The van der Waals surface area contributed by atoms with Gasteiger partial charge in [-0.2, -0.15) is 5.10 Å². The molecule has 92 valence electrons. The van der Waals surface area contributed by atoms with Gasteiger partial charge in [0.2, 0.25) is 0 Å².